The SMILES string of the molecule is C=C1C(c2ccc(C3CCN(CCO)CC3)cc2)c2c(N)nc[nH+]c2N1c1ccc(NC(=O)Nc2cc(C(C)(C)C)on2)cc1. The van der Waals surface area contributed by atoms with Crippen LogP contribution in [-0.2, 0) is 5.41 Å². The number of carbonyl (C=O) groups excluding carboxylic acids is 1. The Balaban J connectivity index is 1.17. The van der Waals surface area contributed by atoms with Crippen LogP contribution in [0.25, 0.3) is 0 Å². The minimum absolute atomic E-state index is 0.172. The van der Waals surface area contributed by atoms with Gasteiger partial charge in [0, 0.05) is 23.7 Å². The number of hydrogen-bond donors (Lipinski definition) is 4. The van der Waals surface area contributed by atoms with Crippen LogP contribution >= 0.6 is 0 Å². The summed E-state index contributed by atoms with van der Waals surface area (Å²) in [6.45, 7) is 13.5. The summed E-state index contributed by atoms with van der Waals surface area (Å²) in [6, 6.07) is 17.6. The number of rotatable bonds is 7. The average Bonchev–Trinajstić information content (AvgIpc) is 3.61. The highest BCUT2D eigenvalue weighted by Crippen LogP contribution is 2.49. The molecule has 2 aliphatic heterocycles. The molecular weight excluding hydrogens is 568 g/mol. The molecule has 2 aliphatic rings. The average molecular weight is 610 g/mol. The van der Waals surface area contributed by atoms with Gasteiger partial charge in [0.25, 0.3) is 0 Å². The summed E-state index contributed by atoms with van der Waals surface area (Å²) in [5.41, 5.74) is 11.9. The fraction of sp³-hybridized carbons (Fsp3) is 0.353. The molecule has 1 fully saturated rings. The maximum absolute atomic E-state index is 12.6. The van der Waals surface area contributed by atoms with Crippen molar-refractivity contribution in [3.05, 3.63) is 95.7 Å². The summed E-state index contributed by atoms with van der Waals surface area (Å²) >= 11 is 0. The van der Waals surface area contributed by atoms with Gasteiger partial charge in [-0.15, -0.1) is 0 Å². The summed E-state index contributed by atoms with van der Waals surface area (Å²) < 4.78 is 5.35. The number of hydrogen-bond acceptors (Lipinski definition) is 8. The second-order valence-electron chi connectivity index (χ2n) is 12.8. The molecule has 1 saturated heterocycles. The minimum atomic E-state index is -0.418. The molecule has 1 atom stereocenters. The van der Waals surface area contributed by atoms with Crippen LogP contribution in [0.1, 0.15) is 67.9 Å². The van der Waals surface area contributed by atoms with Crippen LogP contribution < -0.4 is 26.3 Å². The molecule has 0 radical (unpaired) electrons. The number of aromatic amines is 1. The number of piperidine rings is 1. The quantitative estimate of drug-likeness (QED) is 0.219. The molecule has 2 aromatic heterocycles. The molecular formula is C34H41N8O3+. The van der Waals surface area contributed by atoms with Gasteiger partial charge in [0.15, 0.2) is 5.82 Å². The van der Waals surface area contributed by atoms with E-state index in [1.807, 2.05) is 45.0 Å². The first-order valence-corrected chi connectivity index (χ1v) is 15.4. The van der Waals surface area contributed by atoms with Gasteiger partial charge in [-0.3, -0.25) is 5.32 Å². The number of aliphatic hydroxyl groups is 1. The first-order valence-electron chi connectivity index (χ1n) is 15.4. The standard InChI is InChI=1S/C34H40N8O3/c1-21-29(24-7-5-22(6-8-24)23-13-15-41(16-14-23)17-18-43)30-31(35)36-20-37-32(30)42(21)26-11-9-25(10-12-26)38-33(44)39-28-19-27(45-40-28)34(2,3)4/h5-12,19-20,23,29,43H,1,13-18H2,2-4H3,(H2,35,36,37)(H2,38,39,40,44)/p+1. The molecule has 0 bridgehead atoms. The van der Waals surface area contributed by atoms with Gasteiger partial charge >= 0.3 is 6.03 Å². The number of carbonyl (C=O) groups is 1. The first kappa shape index (κ1) is 30.3. The molecule has 0 saturated carbocycles. The maximum Gasteiger partial charge on any atom is 0.324 e. The zero-order valence-corrected chi connectivity index (χ0v) is 26.0. The second-order valence-corrected chi connectivity index (χ2v) is 12.8. The lowest BCUT2D eigenvalue weighted by atomic mass is 9.86. The van der Waals surface area contributed by atoms with Crippen LogP contribution in [0.15, 0.2) is 77.7 Å². The Hall–Kier alpha value is -4.74. The van der Waals surface area contributed by atoms with Gasteiger partial charge in [0.2, 0.25) is 18.0 Å². The van der Waals surface area contributed by atoms with Crippen molar-refractivity contribution in [1.82, 2.24) is 15.0 Å². The molecule has 1 unspecified atom stereocenters. The van der Waals surface area contributed by atoms with E-state index in [1.54, 1.807) is 12.4 Å². The van der Waals surface area contributed by atoms with Crippen molar-refractivity contribution >= 4 is 34.9 Å². The number of nitrogen functional groups attached to an aromatic ring is 1. The number of benzene rings is 2. The molecule has 0 spiro atoms. The Labute approximate surface area is 263 Å². The third-order valence-electron chi connectivity index (χ3n) is 8.69. The lowest BCUT2D eigenvalue weighted by Crippen LogP contribution is -2.34. The van der Waals surface area contributed by atoms with E-state index in [1.165, 1.54) is 5.56 Å². The van der Waals surface area contributed by atoms with Crippen LogP contribution in [0.5, 0.6) is 0 Å². The number of nitrogens with two attached hydrogens (primary N) is 1. The monoisotopic (exact) mass is 609 g/mol. The predicted molar refractivity (Wildman–Crippen MR) is 175 cm³/mol. The lowest BCUT2D eigenvalue weighted by Gasteiger charge is -2.31. The maximum atomic E-state index is 12.6. The number of urea groups is 1. The Kier molecular flexibility index (Phi) is 8.30. The van der Waals surface area contributed by atoms with Crippen molar-refractivity contribution in [2.75, 3.05) is 47.5 Å². The summed E-state index contributed by atoms with van der Waals surface area (Å²) in [7, 11) is 0. The zero-order valence-electron chi connectivity index (χ0n) is 26.0. The van der Waals surface area contributed by atoms with Crippen LogP contribution in [0.2, 0.25) is 0 Å². The Morgan fingerprint density at radius 2 is 1.78 bits per heavy atom. The molecule has 45 heavy (non-hydrogen) atoms. The second kappa shape index (κ2) is 12.3. The lowest BCUT2D eigenvalue weighted by molar-refractivity contribution is -0.367. The van der Waals surface area contributed by atoms with Crippen molar-refractivity contribution in [3.8, 4) is 0 Å². The van der Waals surface area contributed by atoms with Crippen molar-refractivity contribution < 1.29 is 19.4 Å². The minimum Gasteiger partial charge on any atom is -0.395 e. The van der Waals surface area contributed by atoms with Crippen LogP contribution in [0.4, 0.5) is 33.6 Å². The van der Waals surface area contributed by atoms with Gasteiger partial charge in [-0.2, -0.15) is 0 Å². The van der Waals surface area contributed by atoms with Gasteiger partial charge in [0.05, 0.1) is 23.8 Å². The van der Waals surface area contributed by atoms with Crippen LogP contribution in [0, 0.1) is 0 Å². The number of anilines is 5. The molecule has 4 heterocycles. The van der Waals surface area contributed by atoms with Gasteiger partial charge < -0.3 is 25.6 Å². The normalized spacial score (nSPS) is 17.4. The number of nitrogens with zero attached hydrogens (tertiary/aromatic N) is 4. The van der Waals surface area contributed by atoms with E-state index in [4.69, 9.17) is 10.3 Å². The third-order valence-corrected chi connectivity index (χ3v) is 8.69. The van der Waals surface area contributed by atoms with E-state index in [2.05, 4.69) is 66.4 Å². The smallest absolute Gasteiger partial charge is 0.324 e. The molecule has 2 aromatic carbocycles. The highest BCUT2D eigenvalue weighted by atomic mass is 16.5. The number of nitrogens with one attached hydrogen (secondary N) is 3. The number of allylic oxidation sites excluding steroid dienone is 1. The molecule has 11 nitrogen and oxygen atoms in total. The van der Waals surface area contributed by atoms with Crippen molar-refractivity contribution in [3.63, 3.8) is 0 Å². The fourth-order valence-electron chi connectivity index (χ4n) is 6.25. The number of aromatic nitrogens is 3. The Morgan fingerprint density at radius 1 is 1.09 bits per heavy atom. The molecule has 234 valence electrons. The van der Waals surface area contributed by atoms with E-state index < -0.39 is 6.03 Å². The van der Waals surface area contributed by atoms with Crippen LogP contribution in [0.3, 0.4) is 0 Å². The zero-order chi connectivity index (χ0) is 31.7. The van der Waals surface area contributed by atoms with Crippen molar-refractivity contribution in [1.29, 1.82) is 0 Å². The fourth-order valence-corrected chi connectivity index (χ4v) is 6.25. The van der Waals surface area contributed by atoms with Gasteiger partial charge in [-0.1, -0.05) is 61.8 Å². The summed E-state index contributed by atoms with van der Waals surface area (Å²) in [6.07, 6.45) is 3.77. The van der Waals surface area contributed by atoms with Gasteiger partial charge in [-0.25, -0.2) is 14.7 Å². The number of likely N-dealkylation sites (tertiary alicyclic amines) is 1. The number of β-amino-alcohol motifs (C(OH)–C–C–N with tert-alkyl or cyclic N) is 1. The summed E-state index contributed by atoms with van der Waals surface area (Å²) in [5.74, 6) is 2.64. The Morgan fingerprint density at radius 3 is 2.42 bits per heavy atom. The van der Waals surface area contributed by atoms with E-state index in [-0.39, 0.29) is 17.9 Å². The number of aliphatic hydroxyl groups excluding tert-OH is 1. The molecule has 0 aliphatic carbocycles. The largest absolute Gasteiger partial charge is 0.395 e. The third kappa shape index (κ3) is 6.27. The number of amides is 2. The predicted octanol–water partition coefficient (Wildman–Crippen LogP) is 5.38. The van der Waals surface area contributed by atoms with Gasteiger partial charge in [-0.05, 0) is 67.2 Å². The van der Waals surface area contributed by atoms with Crippen LogP contribution in [-0.4, -0.2) is 52.4 Å². The van der Waals surface area contributed by atoms with E-state index in [9.17, 15) is 9.90 Å². The van der Waals surface area contributed by atoms with E-state index in [0.717, 1.165) is 60.8 Å². The number of fused-ring (bicyclic) bond motifs is 1. The van der Waals surface area contributed by atoms with E-state index >= 15 is 0 Å². The molecule has 2 amide bonds. The highest BCUT2D eigenvalue weighted by molar-refractivity contribution is 5.99. The van der Waals surface area contributed by atoms with E-state index in [0.29, 0.717) is 29.0 Å². The van der Waals surface area contributed by atoms with Crippen molar-refractivity contribution in [2.24, 2.45) is 0 Å². The molecule has 4 aromatic rings. The van der Waals surface area contributed by atoms with Crippen molar-refractivity contribution in [2.45, 2.75) is 50.9 Å². The molecule has 11 heteroatoms. The molecule has 6 N–H and O–H groups in total. The first-order chi connectivity index (χ1) is 21.6. The topological polar surface area (TPSA) is 147 Å². The van der Waals surface area contributed by atoms with Gasteiger partial charge in [0.1, 0.15) is 11.4 Å². The number of H-pyrrole nitrogens is 1. The summed E-state index contributed by atoms with van der Waals surface area (Å²) in [5, 5.41) is 18.8. The molecule has 6 rings (SSSR count). The highest BCUT2D eigenvalue weighted by Gasteiger charge is 2.43. The Bertz CT molecular complexity index is 1670. The summed E-state index contributed by atoms with van der Waals surface area (Å²) in [4.78, 5) is 24.7.